The third kappa shape index (κ3) is 2.15. The average molecular weight is 226 g/mol. The van der Waals surface area contributed by atoms with Crippen molar-refractivity contribution in [3.63, 3.8) is 0 Å². The Kier molecular flexibility index (Phi) is 2.97. The van der Waals surface area contributed by atoms with Crippen LogP contribution in [0.5, 0.6) is 0 Å². The summed E-state index contributed by atoms with van der Waals surface area (Å²) in [7, 11) is 0. The molecule has 1 atom stereocenters. The maximum Gasteiger partial charge on any atom is 0.267 e. The number of hydrogen-bond acceptors (Lipinski definition) is 5. The number of nitrogens with one attached hydrogen (secondary N) is 1. The molecule has 0 unspecified atom stereocenters. The van der Waals surface area contributed by atoms with Gasteiger partial charge in [-0.2, -0.15) is 0 Å². The van der Waals surface area contributed by atoms with Gasteiger partial charge in [0.2, 0.25) is 0 Å². The number of aromatic nitrogens is 2. The SMILES string of the molecule is Cc1nnsc1C(=O)N1CCN[C@H](C)C1. The van der Waals surface area contributed by atoms with Crippen molar-refractivity contribution in [1.82, 2.24) is 19.8 Å². The molecular weight excluding hydrogens is 212 g/mol. The zero-order valence-corrected chi connectivity index (χ0v) is 9.67. The van der Waals surface area contributed by atoms with Gasteiger partial charge in [-0.3, -0.25) is 4.79 Å². The van der Waals surface area contributed by atoms with Crippen molar-refractivity contribution in [2.75, 3.05) is 19.6 Å². The number of aryl methyl sites for hydroxylation is 1. The van der Waals surface area contributed by atoms with Gasteiger partial charge in [0, 0.05) is 25.7 Å². The molecule has 0 aromatic carbocycles. The monoisotopic (exact) mass is 226 g/mol. The van der Waals surface area contributed by atoms with Gasteiger partial charge in [-0.15, -0.1) is 5.10 Å². The largest absolute Gasteiger partial charge is 0.335 e. The van der Waals surface area contributed by atoms with Crippen molar-refractivity contribution in [3.05, 3.63) is 10.6 Å². The second-order valence-corrected chi connectivity index (χ2v) is 4.55. The first kappa shape index (κ1) is 10.5. The zero-order chi connectivity index (χ0) is 10.8. The Morgan fingerprint density at radius 3 is 3.07 bits per heavy atom. The van der Waals surface area contributed by atoms with E-state index in [1.54, 1.807) is 0 Å². The fourth-order valence-electron chi connectivity index (χ4n) is 1.69. The molecule has 0 spiro atoms. The zero-order valence-electron chi connectivity index (χ0n) is 8.86. The Bertz CT molecular complexity index is 365. The summed E-state index contributed by atoms with van der Waals surface area (Å²) >= 11 is 1.18. The van der Waals surface area contributed by atoms with E-state index in [0.29, 0.717) is 10.9 Å². The van der Waals surface area contributed by atoms with E-state index < -0.39 is 0 Å². The first-order valence-corrected chi connectivity index (χ1v) is 5.77. The fraction of sp³-hybridized carbons (Fsp3) is 0.667. The smallest absolute Gasteiger partial charge is 0.267 e. The normalized spacial score (nSPS) is 21.7. The van der Waals surface area contributed by atoms with Crippen molar-refractivity contribution in [1.29, 1.82) is 0 Å². The average Bonchev–Trinajstić information content (AvgIpc) is 2.63. The van der Waals surface area contributed by atoms with Crippen LogP contribution in [0.25, 0.3) is 0 Å². The summed E-state index contributed by atoms with van der Waals surface area (Å²) in [5.41, 5.74) is 0.733. The molecule has 0 bridgehead atoms. The Morgan fingerprint density at radius 1 is 1.67 bits per heavy atom. The number of amides is 1. The summed E-state index contributed by atoms with van der Waals surface area (Å²) in [6, 6.07) is 0.365. The quantitative estimate of drug-likeness (QED) is 0.747. The third-order valence-electron chi connectivity index (χ3n) is 2.50. The predicted molar refractivity (Wildman–Crippen MR) is 58.0 cm³/mol. The lowest BCUT2D eigenvalue weighted by molar-refractivity contribution is 0.0713. The molecule has 1 amide bonds. The molecule has 82 valence electrons. The van der Waals surface area contributed by atoms with E-state index in [1.807, 2.05) is 11.8 Å². The van der Waals surface area contributed by atoms with Crippen molar-refractivity contribution < 1.29 is 4.79 Å². The molecule has 1 aromatic rings. The summed E-state index contributed by atoms with van der Waals surface area (Å²) in [6.45, 7) is 6.29. The van der Waals surface area contributed by atoms with Gasteiger partial charge >= 0.3 is 0 Å². The number of rotatable bonds is 1. The Balaban J connectivity index is 2.11. The summed E-state index contributed by atoms with van der Waals surface area (Å²) in [6.07, 6.45) is 0. The second kappa shape index (κ2) is 4.24. The second-order valence-electron chi connectivity index (χ2n) is 3.79. The molecule has 1 N–H and O–H groups in total. The van der Waals surface area contributed by atoms with Crippen LogP contribution >= 0.6 is 11.5 Å². The summed E-state index contributed by atoms with van der Waals surface area (Å²) in [5, 5.41) is 7.16. The van der Waals surface area contributed by atoms with E-state index >= 15 is 0 Å². The maximum absolute atomic E-state index is 12.1. The molecule has 0 saturated carbocycles. The van der Waals surface area contributed by atoms with Crippen molar-refractivity contribution in [2.45, 2.75) is 19.9 Å². The molecule has 0 aliphatic carbocycles. The highest BCUT2D eigenvalue weighted by Gasteiger charge is 2.24. The molecule has 1 aliphatic rings. The van der Waals surface area contributed by atoms with Crippen LogP contribution in [0.2, 0.25) is 0 Å². The highest BCUT2D eigenvalue weighted by atomic mass is 32.1. The maximum atomic E-state index is 12.1. The van der Waals surface area contributed by atoms with Crippen LogP contribution in [0.4, 0.5) is 0 Å². The van der Waals surface area contributed by atoms with Crippen LogP contribution < -0.4 is 5.32 Å². The topological polar surface area (TPSA) is 58.1 Å². The van der Waals surface area contributed by atoms with Crippen molar-refractivity contribution >= 4 is 17.4 Å². The molecule has 1 fully saturated rings. The van der Waals surface area contributed by atoms with E-state index in [4.69, 9.17) is 0 Å². The molecule has 0 radical (unpaired) electrons. The van der Waals surface area contributed by atoms with Crippen molar-refractivity contribution in [3.8, 4) is 0 Å². The molecule has 15 heavy (non-hydrogen) atoms. The van der Waals surface area contributed by atoms with Crippen LogP contribution in [-0.4, -0.2) is 46.1 Å². The number of carbonyl (C=O) groups is 1. The number of hydrogen-bond donors (Lipinski definition) is 1. The Labute approximate surface area is 92.6 Å². The number of nitrogens with zero attached hydrogens (tertiary/aromatic N) is 3. The van der Waals surface area contributed by atoms with Gasteiger partial charge in [0.25, 0.3) is 5.91 Å². The van der Waals surface area contributed by atoms with E-state index in [9.17, 15) is 4.79 Å². The first-order chi connectivity index (χ1) is 7.18. The molecule has 1 aromatic heterocycles. The van der Waals surface area contributed by atoms with Crippen LogP contribution in [0.15, 0.2) is 0 Å². The van der Waals surface area contributed by atoms with Crippen LogP contribution in [0, 0.1) is 6.92 Å². The lowest BCUT2D eigenvalue weighted by Crippen LogP contribution is -2.51. The number of piperazine rings is 1. The Hall–Kier alpha value is -1.01. The van der Waals surface area contributed by atoms with Crippen LogP contribution in [0.3, 0.4) is 0 Å². The first-order valence-electron chi connectivity index (χ1n) is 5.00. The molecule has 1 saturated heterocycles. The lowest BCUT2D eigenvalue weighted by atomic mass is 10.2. The highest BCUT2D eigenvalue weighted by molar-refractivity contribution is 7.07. The standard InChI is InChI=1S/C9H14N4OS/c1-6-5-13(4-3-10-6)9(14)8-7(2)11-12-15-8/h6,10H,3-5H2,1-2H3/t6-/m1/s1. The van der Waals surface area contributed by atoms with E-state index in [-0.39, 0.29) is 5.91 Å². The minimum atomic E-state index is 0.0656. The van der Waals surface area contributed by atoms with Gasteiger partial charge in [-0.1, -0.05) is 4.49 Å². The minimum absolute atomic E-state index is 0.0656. The van der Waals surface area contributed by atoms with Crippen LogP contribution in [0.1, 0.15) is 22.3 Å². The molecule has 2 heterocycles. The predicted octanol–water partition coefficient (Wildman–Crippen LogP) is 0.280. The minimum Gasteiger partial charge on any atom is -0.335 e. The third-order valence-corrected chi connectivity index (χ3v) is 3.32. The van der Waals surface area contributed by atoms with Gasteiger partial charge in [0.1, 0.15) is 4.88 Å². The fourth-order valence-corrected chi connectivity index (χ4v) is 2.31. The van der Waals surface area contributed by atoms with E-state index in [2.05, 4.69) is 21.8 Å². The molecule has 2 rings (SSSR count). The molecule has 1 aliphatic heterocycles. The van der Waals surface area contributed by atoms with Gasteiger partial charge < -0.3 is 10.2 Å². The summed E-state index contributed by atoms with van der Waals surface area (Å²) in [4.78, 5) is 14.6. The lowest BCUT2D eigenvalue weighted by Gasteiger charge is -2.31. The Morgan fingerprint density at radius 2 is 2.47 bits per heavy atom. The number of carbonyl (C=O) groups excluding carboxylic acids is 1. The summed E-state index contributed by atoms with van der Waals surface area (Å²) in [5.74, 6) is 0.0656. The van der Waals surface area contributed by atoms with Crippen LogP contribution in [-0.2, 0) is 0 Å². The van der Waals surface area contributed by atoms with Gasteiger partial charge in [-0.05, 0) is 25.4 Å². The van der Waals surface area contributed by atoms with Gasteiger partial charge in [0.05, 0.1) is 5.69 Å². The van der Waals surface area contributed by atoms with Gasteiger partial charge in [0.15, 0.2) is 0 Å². The van der Waals surface area contributed by atoms with E-state index in [1.165, 1.54) is 11.5 Å². The molecular formula is C9H14N4OS. The van der Waals surface area contributed by atoms with E-state index in [0.717, 1.165) is 25.3 Å². The van der Waals surface area contributed by atoms with Crippen molar-refractivity contribution in [2.24, 2.45) is 0 Å². The molecule has 6 heteroatoms. The molecule has 5 nitrogen and oxygen atoms in total. The van der Waals surface area contributed by atoms with Gasteiger partial charge in [-0.25, -0.2) is 0 Å². The summed E-state index contributed by atoms with van der Waals surface area (Å²) < 4.78 is 3.79. The highest BCUT2D eigenvalue weighted by Crippen LogP contribution is 2.13.